The van der Waals surface area contributed by atoms with Crippen LogP contribution in [0.1, 0.15) is 33.0 Å². The van der Waals surface area contributed by atoms with Crippen LogP contribution in [0.25, 0.3) is 10.6 Å². The van der Waals surface area contributed by atoms with Gasteiger partial charge in [0.15, 0.2) is 0 Å². The van der Waals surface area contributed by atoms with Gasteiger partial charge in [-0.3, -0.25) is 9.59 Å². The van der Waals surface area contributed by atoms with Crippen molar-refractivity contribution in [3.8, 4) is 10.6 Å². The summed E-state index contributed by atoms with van der Waals surface area (Å²) in [5.41, 5.74) is 3.41. The van der Waals surface area contributed by atoms with Gasteiger partial charge in [-0.05, 0) is 62.9 Å². The van der Waals surface area contributed by atoms with E-state index in [9.17, 15) is 14.0 Å². The Kier molecular flexibility index (Phi) is 6.10. The highest BCUT2D eigenvalue weighted by Crippen LogP contribution is 2.29. The molecule has 1 unspecified atom stereocenters. The highest BCUT2D eigenvalue weighted by Gasteiger charge is 2.25. The molecule has 1 saturated heterocycles. The van der Waals surface area contributed by atoms with Gasteiger partial charge in [0.2, 0.25) is 0 Å². The van der Waals surface area contributed by atoms with Crippen LogP contribution in [0.3, 0.4) is 0 Å². The van der Waals surface area contributed by atoms with E-state index in [-0.39, 0.29) is 17.3 Å². The molecular weight excluding hydrogens is 429 g/mol. The number of nitrogens with zero attached hydrogens (tertiary/aromatic N) is 4. The summed E-state index contributed by atoms with van der Waals surface area (Å²) in [5, 5.41) is 7.78. The zero-order chi connectivity index (χ0) is 23.0. The molecule has 32 heavy (non-hydrogen) atoms. The Hall–Kier alpha value is -3.07. The maximum atomic E-state index is 13.2. The van der Waals surface area contributed by atoms with Crippen LogP contribution in [0.2, 0.25) is 0 Å². The van der Waals surface area contributed by atoms with E-state index in [1.54, 1.807) is 26.1 Å². The summed E-state index contributed by atoms with van der Waals surface area (Å²) in [7, 11) is 1.61. The number of aryl methyl sites for hydroxylation is 3. The third kappa shape index (κ3) is 4.29. The lowest BCUT2D eigenvalue weighted by Gasteiger charge is -2.18. The average Bonchev–Trinajstić information content (AvgIpc) is 3.38. The average molecular weight is 456 g/mol. The number of carbonyl (C=O) groups is 1. The molecule has 1 atom stereocenters. The van der Waals surface area contributed by atoms with Crippen LogP contribution in [-0.4, -0.2) is 40.3 Å². The van der Waals surface area contributed by atoms with Crippen molar-refractivity contribution in [3.63, 3.8) is 0 Å². The van der Waals surface area contributed by atoms with Crippen LogP contribution in [0.4, 0.5) is 10.1 Å². The molecule has 168 valence electrons. The van der Waals surface area contributed by atoms with E-state index in [0.29, 0.717) is 33.6 Å². The quantitative estimate of drug-likeness (QED) is 0.639. The molecule has 1 aliphatic heterocycles. The molecule has 3 heterocycles. The monoisotopic (exact) mass is 455 g/mol. The Morgan fingerprint density at radius 1 is 1.22 bits per heavy atom. The molecular formula is C23H26FN5O2S. The van der Waals surface area contributed by atoms with E-state index in [2.05, 4.69) is 20.3 Å². The van der Waals surface area contributed by atoms with Crippen molar-refractivity contribution in [2.45, 2.75) is 27.2 Å². The molecule has 1 fully saturated rings. The Morgan fingerprint density at radius 2 is 1.94 bits per heavy atom. The molecule has 0 aliphatic carbocycles. The smallest absolute Gasteiger partial charge is 0.277 e. The molecule has 7 nitrogen and oxygen atoms in total. The summed E-state index contributed by atoms with van der Waals surface area (Å²) in [5.74, 6) is -0.105. The van der Waals surface area contributed by atoms with Gasteiger partial charge in [-0.2, -0.15) is 5.10 Å². The molecule has 0 radical (unpaired) electrons. The number of nitrogens with one attached hydrogen (secondary N) is 1. The molecule has 1 N–H and O–H groups in total. The Balaban J connectivity index is 1.44. The van der Waals surface area contributed by atoms with Gasteiger partial charge in [0.25, 0.3) is 11.5 Å². The van der Waals surface area contributed by atoms with Gasteiger partial charge in [0.05, 0.1) is 17.0 Å². The minimum atomic E-state index is -0.244. The van der Waals surface area contributed by atoms with Gasteiger partial charge in [-0.15, -0.1) is 11.3 Å². The first-order valence-corrected chi connectivity index (χ1v) is 11.4. The molecule has 4 rings (SSSR count). The van der Waals surface area contributed by atoms with Gasteiger partial charge >= 0.3 is 0 Å². The highest BCUT2D eigenvalue weighted by atomic mass is 32.1. The largest absolute Gasteiger partial charge is 0.371 e. The van der Waals surface area contributed by atoms with E-state index >= 15 is 0 Å². The van der Waals surface area contributed by atoms with Gasteiger partial charge < -0.3 is 10.2 Å². The summed E-state index contributed by atoms with van der Waals surface area (Å²) >= 11 is 1.24. The predicted molar refractivity (Wildman–Crippen MR) is 124 cm³/mol. The lowest BCUT2D eigenvalue weighted by Crippen LogP contribution is -2.30. The van der Waals surface area contributed by atoms with Crippen LogP contribution in [0, 0.1) is 32.5 Å². The maximum absolute atomic E-state index is 13.2. The lowest BCUT2D eigenvalue weighted by atomic mass is 10.1. The number of hydrogen-bond acceptors (Lipinski definition) is 6. The summed E-state index contributed by atoms with van der Waals surface area (Å²) < 4.78 is 14.5. The number of anilines is 1. The minimum absolute atomic E-state index is 0.174. The van der Waals surface area contributed by atoms with E-state index in [1.165, 1.54) is 28.2 Å². The molecule has 1 amide bonds. The molecule has 0 bridgehead atoms. The van der Waals surface area contributed by atoms with Gasteiger partial charge in [-0.25, -0.2) is 14.1 Å². The SMILES string of the molecule is Cc1nc(-c2c(C)c(C)nn(C)c2=O)sc1C(=O)NCC1CCN(c2ccc(F)cc2)C1. The number of hydrogen-bond donors (Lipinski definition) is 1. The van der Waals surface area contributed by atoms with E-state index in [4.69, 9.17) is 0 Å². The highest BCUT2D eigenvalue weighted by molar-refractivity contribution is 7.17. The van der Waals surface area contributed by atoms with Gasteiger partial charge in [0, 0.05) is 32.4 Å². The van der Waals surface area contributed by atoms with Crippen LogP contribution in [-0.2, 0) is 7.05 Å². The zero-order valence-corrected chi connectivity index (χ0v) is 19.4. The topological polar surface area (TPSA) is 80.1 Å². The van der Waals surface area contributed by atoms with Crippen molar-refractivity contribution in [1.82, 2.24) is 20.1 Å². The van der Waals surface area contributed by atoms with Gasteiger partial charge in [0.1, 0.15) is 15.7 Å². The van der Waals surface area contributed by atoms with Gasteiger partial charge in [-0.1, -0.05) is 0 Å². The van der Waals surface area contributed by atoms with Crippen molar-refractivity contribution in [2.75, 3.05) is 24.5 Å². The zero-order valence-electron chi connectivity index (χ0n) is 18.6. The van der Waals surface area contributed by atoms with E-state index < -0.39 is 0 Å². The number of benzene rings is 1. The fraction of sp³-hybridized carbons (Fsp3) is 0.391. The molecule has 2 aromatic heterocycles. The standard InChI is InChI=1S/C23H26FN5O2S/c1-13-14(2)27-28(4)23(31)19(13)22-26-15(3)20(32-22)21(30)25-11-16-9-10-29(12-16)18-7-5-17(24)6-8-18/h5-8,16H,9-12H2,1-4H3,(H,25,30). The second kappa shape index (κ2) is 8.82. The Labute approximate surface area is 189 Å². The summed E-state index contributed by atoms with van der Waals surface area (Å²) in [4.78, 5) is 32.8. The summed E-state index contributed by atoms with van der Waals surface area (Å²) in [6.07, 6.45) is 0.954. The lowest BCUT2D eigenvalue weighted by molar-refractivity contribution is 0.0951. The molecule has 3 aromatic rings. The van der Waals surface area contributed by atoms with E-state index in [1.807, 2.05) is 13.8 Å². The fourth-order valence-corrected chi connectivity index (χ4v) is 5.09. The Morgan fingerprint density at radius 3 is 2.66 bits per heavy atom. The summed E-state index contributed by atoms with van der Waals surface area (Å²) in [6, 6.07) is 6.50. The van der Waals surface area contributed by atoms with Crippen molar-refractivity contribution < 1.29 is 9.18 Å². The fourth-order valence-electron chi connectivity index (χ4n) is 4.02. The first-order valence-electron chi connectivity index (χ1n) is 10.6. The number of halogens is 1. The van der Waals surface area contributed by atoms with Crippen molar-refractivity contribution in [3.05, 3.63) is 62.3 Å². The number of rotatable bonds is 5. The number of amides is 1. The number of carbonyl (C=O) groups excluding carboxylic acids is 1. The molecule has 1 aromatic carbocycles. The van der Waals surface area contributed by atoms with Crippen molar-refractivity contribution >= 4 is 22.9 Å². The second-order valence-electron chi connectivity index (χ2n) is 8.23. The molecule has 1 aliphatic rings. The molecule has 9 heteroatoms. The Bertz CT molecular complexity index is 1220. The first-order chi connectivity index (χ1) is 15.2. The normalized spacial score (nSPS) is 15.9. The minimum Gasteiger partial charge on any atom is -0.371 e. The maximum Gasteiger partial charge on any atom is 0.277 e. The predicted octanol–water partition coefficient (Wildman–Crippen LogP) is 3.22. The first kappa shape index (κ1) is 22.1. The second-order valence-corrected chi connectivity index (χ2v) is 9.23. The third-order valence-corrected chi connectivity index (χ3v) is 7.14. The summed E-state index contributed by atoms with van der Waals surface area (Å²) in [6.45, 7) is 7.73. The number of aromatic nitrogens is 3. The van der Waals surface area contributed by atoms with Crippen LogP contribution < -0.4 is 15.8 Å². The van der Waals surface area contributed by atoms with Crippen LogP contribution in [0.15, 0.2) is 29.1 Å². The van der Waals surface area contributed by atoms with Crippen LogP contribution >= 0.6 is 11.3 Å². The van der Waals surface area contributed by atoms with E-state index in [0.717, 1.165) is 36.5 Å². The number of thiazole rings is 1. The third-order valence-electron chi connectivity index (χ3n) is 5.97. The van der Waals surface area contributed by atoms with Crippen molar-refractivity contribution in [2.24, 2.45) is 13.0 Å². The van der Waals surface area contributed by atoms with Crippen LogP contribution in [0.5, 0.6) is 0 Å². The molecule has 0 saturated carbocycles. The molecule has 0 spiro atoms. The van der Waals surface area contributed by atoms with Crippen molar-refractivity contribution in [1.29, 1.82) is 0 Å².